The molecule has 0 N–H and O–H groups in total. The molecule has 0 spiro atoms. The van der Waals surface area contributed by atoms with Gasteiger partial charge >= 0.3 is 5.66 Å². The quantitative estimate of drug-likeness (QED) is 0.260. The van der Waals surface area contributed by atoms with Crippen molar-refractivity contribution in [2.75, 3.05) is 0 Å². The first-order chi connectivity index (χ1) is 5.39. The molecule has 12 heavy (non-hydrogen) atoms. The molecular weight excluding hydrogens is 174 g/mol. The highest BCUT2D eigenvalue weighted by Gasteiger charge is 2.59. The number of aliphatic carboxylic acids is 1. The van der Waals surface area contributed by atoms with Crippen molar-refractivity contribution in [1.82, 2.24) is 0 Å². The van der Waals surface area contributed by atoms with Gasteiger partial charge in [-0.15, -0.1) is 0 Å². The molecule has 64 valence electrons. The summed E-state index contributed by atoms with van der Waals surface area (Å²) < 4.78 is 0. The number of carbonyl (C=O) groups excluding carboxylic acids is 1. The second kappa shape index (κ2) is 2.79. The molecule has 0 rings (SSSR count). The molecule has 0 unspecified atom stereocenters. The molecule has 9 nitrogen and oxygen atoms in total. The molecule has 0 saturated carbocycles. The number of nitrogens with zero attached hydrogens (tertiary/aromatic N) is 3. The van der Waals surface area contributed by atoms with Crippen molar-refractivity contribution in [3.05, 3.63) is 20.2 Å². The van der Waals surface area contributed by atoms with Crippen molar-refractivity contribution in [2.45, 2.75) is 5.66 Å². The number of carboxylic acid groups (broad SMARTS) is 1. The number of nitriles is 1. The van der Waals surface area contributed by atoms with Gasteiger partial charge in [0.1, 0.15) is 9.85 Å². The summed E-state index contributed by atoms with van der Waals surface area (Å²) >= 11 is 0. The Balaban J connectivity index is 5.39. The van der Waals surface area contributed by atoms with Crippen LogP contribution in [-0.2, 0) is 4.79 Å². The number of rotatable bonds is 3. The van der Waals surface area contributed by atoms with Gasteiger partial charge in [0.2, 0.25) is 12.0 Å². The summed E-state index contributed by atoms with van der Waals surface area (Å²) in [5, 5.41) is 37.6. The maximum atomic E-state index is 9.92. The van der Waals surface area contributed by atoms with Crippen LogP contribution in [0.4, 0.5) is 0 Å². The van der Waals surface area contributed by atoms with Crippen molar-refractivity contribution in [3.8, 4) is 6.07 Å². The minimum Gasteiger partial charge on any atom is -0.537 e. The third-order valence-electron chi connectivity index (χ3n) is 0.969. The molecule has 0 atom stereocenters. The lowest BCUT2D eigenvalue weighted by Crippen LogP contribution is -2.58. The Morgan fingerprint density at radius 1 is 1.33 bits per heavy atom. The molecule has 0 heterocycles. The Morgan fingerprint density at radius 3 is 1.67 bits per heavy atom. The van der Waals surface area contributed by atoms with E-state index in [1.165, 1.54) is 0 Å². The molecule has 0 aromatic rings. The maximum Gasteiger partial charge on any atom is 0.584 e. The van der Waals surface area contributed by atoms with Gasteiger partial charge < -0.3 is 9.90 Å². The van der Waals surface area contributed by atoms with Gasteiger partial charge in [-0.25, -0.2) is 0 Å². The number of nitro groups is 2. The largest absolute Gasteiger partial charge is 0.584 e. The van der Waals surface area contributed by atoms with E-state index in [0.29, 0.717) is 6.07 Å². The zero-order chi connectivity index (χ0) is 9.94. The number of carbonyl (C=O) groups is 1. The van der Waals surface area contributed by atoms with E-state index in [1.54, 1.807) is 0 Å². The smallest absolute Gasteiger partial charge is 0.537 e. The van der Waals surface area contributed by atoms with Gasteiger partial charge in [0, 0.05) is 0 Å². The molecule has 0 radical (unpaired) electrons. The zero-order valence-electron chi connectivity index (χ0n) is 5.29. The van der Waals surface area contributed by atoms with Crippen LogP contribution in [0, 0.1) is 31.6 Å². The fourth-order valence-corrected chi connectivity index (χ4v) is 0.343. The Morgan fingerprint density at radius 2 is 1.67 bits per heavy atom. The van der Waals surface area contributed by atoms with Crippen molar-refractivity contribution in [1.29, 1.82) is 5.26 Å². The van der Waals surface area contributed by atoms with Crippen molar-refractivity contribution >= 4 is 5.97 Å². The number of hydrogen-bond donors (Lipinski definition) is 0. The van der Waals surface area contributed by atoms with Gasteiger partial charge in [0.05, 0.1) is 0 Å². The first-order valence-electron chi connectivity index (χ1n) is 2.31. The maximum absolute atomic E-state index is 9.92. The van der Waals surface area contributed by atoms with Gasteiger partial charge in [0.15, 0.2) is 0 Å². The molecule has 0 aromatic carbocycles. The van der Waals surface area contributed by atoms with Crippen LogP contribution in [-0.4, -0.2) is 21.5 Å². The van der Waals surface area contributed by atoms with Crippen LogP contribution in [0.1, 0.15) is 0 Å². The number of hydrogen-bond acceptors (Lipinski definition) is 7. The number of carboxylic acids is 1. The summed E-state index contributed by atoms with van der Waals surface area (Å²) in [6.45, 7) is 0. The monoisotopic (exact) mass is 174 g/mol. The minimum atomic E-state index is -3.90. The average Bonchev–Trinajstić information content (AvgIpc) is 1.86. The van der Waals surface area contributed by atoms with Crippen LogP contribution in [0.15, 0.2) is 0 Å². The summed E-state index contributed by atoms with van der Waals surface area (Å²) in [6.07, 6.45) is 0. The average molecular weight is 174 g/mol. The highest BCUT2D eigenvalue weighted by molar-refractivity contribution is 5.76. The fraction of sp³-hybridized carbons (Fsp3) is 0.333. The second-order valence-corrected chi connectivity index (χ2v) is 1.59. The van der Waals surface area contributed by atoms with E-state index in [2.05, 4.69) is 0 Å². The molecule has 0 aliphatic rings. The van der Waals surface area contributed by atoms with Crippen LogP contribution < -0.4 is 5.11 Å². The topological polar surface area (TPSA) is 150 Å². The summed E-state index contributed by atoms with van der Waals surface area (Å²) in [7, 11) is 0. The van der Waals surface area contributed by atoms with Crippen molar-refractivity contribution in [2.24, 2.45) is 0 Å². The Bertz CT molecular complexity index is 253. The van der Waals surface area contributed by atoms with Crippen molar-refractivity contribution in [3.63, 3.8) is 0 Å². The Kier molecular flexibility index (Phi) is 2.27. The lowest BCUT2D eigenvalue weighted by atomic mass is 10.2. The molecule has 0 aromatic heterocycles. The van der Waals surface area contributed by atoms with E-state index < -0.39 is 21.5 Å². The zero-order valence-corrected chi connectivity index (χ0v) is 5.29. The van der Waals surface area contributed by atoms with E-state index in [0.717, 1.165) is 0 Å². The molecule has 0 aliphatic carbocycles. The van der Waals surface area contributed by atoms with Gasteiger partial charge in [-0.2, -0.15) is 5.26 Å². The standard InChI is InChI=1S/C3HN3O6/c4-1-3(2(7)8,5(9)10)6(11)12/h(H,7,8)/p-1. The van der Waals surface area contributed by atoms with Gasteiger partial charge in [0.25, 0.3) is 0 Å². The molecule has 0 amide bonds. The normalized spacial score (nSPS) is 9.92. The third kappa shape index (κ3) is 1.01. The summed E-state index contributed by atoms with van der Waals surface area (Å²) in [6, 6.07) is 0.454. The van der Waals surface area contributed by atoms with Crippen LogP contribution in [0.3, 0.4) is 0 Å². The molecule has 0 aliphatic heterocycles. The Hall–Kier alpha value is -2.24. The molecule has 0 fully saturated rings. The van der Waals surface area contributed by atoms with Gasteiger partial charge in [-0.1, -0.05) is 0 Å². The minimum absolute atomic E-state index is 0.454. The van der Waals surface area contributed by atoms with Gasteiger partial charge in [-0.05, 0) is 0 Å². The van der Waals surface area contributed by atoms with E-state index >= 15 is 0 Å². The van der Waals surface area contributed by atoms with Crippen LogP contribution in [0.25, 0.3) is 0 Å². The van der Waals surface area contributed by atoms with E-state index in [4.69, 9.17) is 5.26 Å². The highest BCUT2D eigenvalue weighted by Crippen LogP contribution is 2.07. The SMILES string of the molecule is N#CC(C(=O)[O-])([N+](=O)[O-])[N+](=O)[O-]. The van der Waals surface area contributed by atoms with Gasteiger partial charge in [-0.3, -0.25) is 20.2 Å². The van der Waals surface area contributed by atoms with E-state index in [-0.39, 0.29) is 0 Å². The third-order valence-corrected chi connectivity index (χ3v) is 0.969. The second-order valence-electron chi connectivity index (χ2n) is 1.59. The highest BCUT2D eigenvalue weighted by atomic mass is 16.7. The predicted molar refractivity (Wildman–Crippen MR) is 27.3 cm³/mol. The first-order valence-corrected chi connectivity index (χ1v) is 2.31. The summed E-state index contributed by atoms with van der Waals surface area (Å²) in [5.74, 6) is -2.67. The van der Waals surface area contributed by atoms with E-state index in [9.17, 15) is 30.1 Å². The molecule has 0 bridgehead atoms. The molecule has 9 heteroatoms. The lowest BCUT2D eigenvalue weighted by Gasteiger charge is -2.08. The first kappa shape index (κ1) is 9.76. The van der Waals surface area contributed by atoms with E-state index in [1.807, 2.05) is 0 Å². The summed E-state index contributed by atoms with van der Waals surface area (Å²) in [4.78, 5) is 26.0. The van der Waals surface area contributed by atoms with Crippen LogP contribution in [0.5, 0.6) is 0 Å². The Labute approximate surface area is 64.1 Å². The molecule has 0 saturated heterocycles. The fourth-order valence-electron chi connectivity index (χ4n) is 0.343. The van der Waals surface area contributed by atoms with Crippen molar-refractivity contribution < 1.29 is 19.7 Å². The van der Waals surface area contributed by atoms with Crippen LogP contribution in [0.2, 0.25) is 0 Å². The lowest BCUT2D eigenvalue weighted by molar-refractivity contribution is -0.765. The predicted octanol–water partition coefficient (Wildman–Crippen LogP) is -2.49. The molecular formula is C3N3O6-. The summed E-state index contributed by atoms with van der Waals surface area (Å²) in [5.41, 5.74) is -3.90. The van der Waals surface area contributed by atoms with Crippen LogP contribution >= 0.6 is 0 Å².